The summed E-state index contributed by atoms with van der Waals surface area (Å²) in [5, 5.41) is 0. The highest BCUT2D eigenvalue weighted by molar-refractivity contribution is 4.87. The topological polar surface area (TPSA) is 9.23 Å². The summed E-state index contributed by atoms with van der Waals surface area (Å²) in [7, 11) is 0. The lowest BCUT2D eigenvalue weighted by Gasteiger charge is -2.33. The van der Waals surface area contributed by atoms with Crippen LogP contribution in [0.4, 0.5) is 0 Å². The van der Waals surface area contributed by atoms with Crippen molar-refractivity contribution in [3.63, 3.8) is 0 Å². The molecule has 0 aromatic rings. The lowest BCUT2D eigenvalue weighted by Crippen LogP contribution is -2.29. The minimum atomic E-state index is 0.525. The van der Waals surface area contributed by atoms with Gasteiger partial charge in [-0.3, -0.25) is 0 Å². The lowest BCUT2D eigenvalue weighted by atomic mass is 9.85. The molecule has 1 nitrogen and oxygen atoms in total. The van der Waals surface area contributed by atoms with Gasteiger partial charge in [0.2, 0.25) is 0 Å². The van der Waals surface area contributed by atoms with E-state index in [1.165, 1.54) is 51.4 Å². The molecular weight excluding hydrogens is 208 g/mol. The molecule has 1 heteroatoms. The molecule has 0 aromatic heterocycles. The Morgan fingerprint density at radius 1 is 0.647 bits per heavy atom. The van der Waals surface area contributed by atoms with Crippen LogP contribution in [0.5, 0.6) is 0 Å². The van der Waals surface area contributed by atoms with E-state index in [4.69, 9.17) is 4.74 Å². The van der Waals surface area contributed by atoms with Crippen molar-refractivity contribution in [3.05, 3.63) is 25.3 Å². The van der Waals surface area contributed by atoms with E-state index in [9.17, 15) is 0 Å². The van der Waals surface area contributed by atoms with Gasteiger partial charge in [0.1, 0.15) is 0 Å². The fourth-order valence-corrected chi connectivity index (χ4v) is 3.19. The Morgan fingerprint density at radius 3 is 1.29 bits per heavy atom. The normalized spacial score (nSPS) is 38.6. The van der Waals surface area contributed by atoms with Crippen LogP contribution >= 0.6 is 0 Å². The Morgan fingerprint density at radius 2 is 1.00 bits per heavy atom. The Bertz CT molecular complexity index is 216. The SMILES string of the molecule is C=CC1CCC(OC2CCC(C=C)CC2)CC1. The van der Waals surface area contributed by atoms with Gasteiger partial charge < -0.3 is 4.74 Å². The van der Waals surface area contributed by atoms with Crippen LogP contribution in [0.25, 0.3) is 0 Å². The van der Waals surface area contributed by atoms with E-state index < -0.39 is 0 Å². The van der Waals surface area contributed by atoms with E-state index in [0.29, 0.717) is 12.2 Å². The first-order valence-electron chi connectivity index (χ1n) is 7.22. The van der Waals surface area contributed by atoms with Gasteiger partial charge in [-0.1, -0.05) is 12.2 Å². The minimum Gasteiger partial charge on any atom is -0.375 e. The molecule has 2 rings (SSSR count). The van der Waals surface area contributed by atoms with Crippen molar-refractivity contribution in [1.29, 1.82) is 0 Å². The Labute approximate surface area is 106 Å². The highest BCUT2D eigenvalue weighted by atomic mass is 16.5. The van der Waals surface area contributed by atoms with Crippen molar-refractivity contribution < 1.29 is 4.74 Å². The van der Waals surface area contributed by atoms with Gasteiger partial charge in [-0.25, -0.2) is 0 Å². The maximum atomic E-state index is 6.25. The van der Waals surface area contributed by atoms with Crippen LogP contribution in [-0.4, -0.2) is 12.2 Å². The first kappa shape index (κ1) is 12.9. The molecule has 0 spiro atoms. The summed E-state index contributed by atoms with van der Waals surface area (Å²) in [5.41, 5.74) is 0. The van der Waals surface area contributed by atoms with E-state index in [2.05, 4.69) is 25.3 Å². The zero-order valence-electron chi connectivity index (χ0n) is 10.9. The third-order valence-corrected chi connectivity index (χ3v) is 4.49. The molecule has 96 valence electrons. The molecule has 0 aromatic carbocycles. The largest absolute Gasteiger partial charge is 0.375 e. The lowest BCUT2D eigenvalue weighted by molar-refractivity contribution is -0.0519. The van der Waals surface area contributed by atoms with Crippen LogP contribution in [0.2, 0.25) is 0 Å². The average Bonchev–Trinajstić information content (AvgIpc) is 2.40. The van der Waals surface area contributed by atoms with Crippen molar-refractivity contribution in [1.82, 2.24) is 0 Å². The van der Waals surface area contributed by atoms with E-state index in [1.807, 2.05) is 0 Å². The van der Waals surface area contributed by atoms with Crippen LogP contribution in [0.15, 0.2) is 25.3 Å². The van der Waals surface area contributed by atoms with E-state index in [-0.39, 0.29) is 0 Å². The predicted molar refractivity (Wildman–Crippen MR) is 73.0 cm³/mol. The van der Waals surface area contributed by atoms with Gasteiger partial charge in [0, 0.05) is 0 Å². The molecule has 0 aliphatic heterocycles. The van der Waals surface area contributed by atoms with Gasteiger partial charge in [-0.05, 0) is 63.2 Å². The maximum Gasteiger partial charge on any atom is 0.0579 e. The number of rotatable bonds is 4. The highest BCUT2D eigenvalue weighted by Crippen LogP contribution is 2.32. The fraction of sp³-hybridized carbons (Fsp3) is 0.750. The van der Waals surface area contributed by atoms with E-state index >= 15 is 0 Å². The Hall–Kier alpha value is -0.560. The summed E-state index contributed by atoms with van der Waals surface area (Å²) in [4.78, 5) is 0. The second-order valence-electron chi connectivity index (χ2n) is 5.68. The molecule has 0 N–H and O–H groups in total. The number of hydrogen-bond donors (Lipinski definition) is 0. The summed E-state index contributed by atoms with van der Waals surface area (Å²) in [6.45, 7) is 7.79. The van der Waals surface area contributed by atoms with Crippen LogP contribution in [0, 0.1) is 11.8 Å². The third-order valence-electron chi connectivity index (χ3n) is 4.49. The standard InChI is InChI=1S/C16H26O/c1-3-13-5-9-15(10-6-13)17-16-11-7-14(4-2)8-12-16/h3-4,13-16H,1-2,5-12H2. The number of allylic oxidation sites excluding steroid dienone is 2. The quantitative estimate of drug-likeness (QED) is 0.651. The molecule has 0 radical (unpaired) electrons. The average molecular weight is 234 g/mol. The number of ether oxygens (including phenoxy) is 1. The Kier molecular flexibility index (Phi) is 4.85. The molecule has 2 aliphatic rings. The maximum absolute atomic E-state index is 6.25. The second kappa shape index (κ2) is 6.39. The predicted octanol–water partition coefficient (Wildman–Crippen LogP) is 4.49. The van der Waals surface area contributed by atoms with Crippen LogP contribution in [-0.2, 0) is 4.74 Å². The van der Waals surface area contributed by atoms with Gasteiger partial charge in [0.15, 0.2) is 0 Å². The zero-order chi connectivity index (χ0) is 12.1. The number of hydrogen-bond acceptors (Lipinski definition) is 1. The molecule has 2 aliphatic carbocycles. The van der Waals surface area contributed by atoms with Gasteiger partial charge in [0.05, 0.1) is 12.2 Å². The Balaban J connectivity index is 1.68. The molecule has 2 fully saturated rings. The van der Waals surface area contributed by atoms with E-state index in [0.717, 1.165) is 11.8 Å². The van der Waals surface area contributed by atoms with Gasteiger partial charge >= 0.3 is 0 Å². The molecule has 0 atom stereocenters. The third kappa shape index (κ3) is 3.70. The second-order valence-corrected chi connectivity index (χ2v) is 5.68. The van der Waals surface area contributed by atoms with Crippen molar-refractivity contribution in [2.24, 2.45) is 11.8 Å². The molecular formula is C16H26O. The summed E-state index contributed by atoms with van der Waals surface area (Å²) < 4.78 is 6.25. The van der Waals surface area contributed by atoms with Crippen LogP contribution in [0.3, 0.4) is 0 Å². The van der Waals surface area contributed by atoms with Gasteiger partial charge in [-0.15, -0.1) is 13.2 Å². The molecule has 17 heavy (non-hydrogen) atoms. The summed E-state index contributed by atoms with van der Waals surface area (Å²) in [5.74, 6) is 1.48. The first-order chi connectivity index (χ1) is 8.31. The molecule has 0 bridgehead atoms. The molecule has 0 heterocycles. The van der Waals surface area contributed by atoms with Gasteiger partial charge in [0.25, 0.3) is 0 Å². The first-order valence-corrected chi connectivity index (χ1v) is 7.22. The minimum absolute atomic E-state index is 0.525. The van der Waals surface area contributed by atoms with E-state index in [1.54, 1.807) is 0 Å². The van der Waals surface area contributed by atoms with Crippen molar-refractivity contribution in [2.75, 3.05) is 0 Å². The van der Waals surface area contributed by atoms with Crippen molar-refractivity contribution >= 4 is 0 Å². The summed E-state index contributed by atoms with van der Waals surface area (Å²) in [6.07, 6.45) is 15.3. The molecule has 0 unspecified atom stereocenters. The molecule has 0 amide bonds. The fourth-order valence-electron chi connectivity index (χ4n) is 3.19. The van der Waals surface area contributed by atoms with Crippen molar-refractivity contribution in [2.45, 2.75) is 63.6 Å². The van der Waals surface area contributed by atoms with Crippen LogP contribution < -0.4 is 0 Å². The highest BCUT2D eigenvalue weighted by Gasteiger charge is 2.25. The van der Waals surface area contributed by atoms with Crippen LogP contribution in [0.1, 0.15) is 51.4 Å². The van der Waals surface area contributed by atoms with Gasteiger partial charge in [-0.2, -0.15) is 0 Å². The smallest absolute Gasteiger partial charge is 0.0579 e. The zero-order valence-corrected chi connectivity index (χ0v) is 10.9. The summed E-state index contributed by atoms with van der Waals surface area (Å²) in [6, 6.07) is 0. The monoisotopic (exact) mass is 234 g/mol. The molecule has 0 saturated heterocycles. The summed E-state index contributed by atoms with van der Waals surface area (Å²) >= 11 is 0. The van der Waals surface area contributed by atoms with Crippen molar-refractivity contribution in [3.8, 4) is 0 Å². The molecule has 2 saturated carbocycles.